The minimum absolute atomic E-state index is 0.0414. The number of carbonyl (C=O) groups is 1. The number of rotatable bonds is 7. The van der Waals surface area contributed by atoms with Crippen molar-refractivity contribution in [2.45, 2.75) is 0 Å². The fourth-order valence-corrected chi connectivity index (χ4v) is 1.27. The molecule has 1 aromatic rings. The van der Waals surface area contributed by atoms with Gasteiger partial charge in [-0.15, -0.1) is 0 Å². The van der Waals surface area contributed by atoms with E-state index in [2.05, 4.69) is 10.6 Å². The van der Waals surface area contributed by atoms with Gasteiger partial charge in [-0.2, -0.15) is 0 Å². The van der Waals surface area contributed by atoms with E-state index >= 15 is 0 Å². The van der Waals surface area contributed by atoms with Crippen LogP contribution in [0, 0.1) is 0 Å². The lowest BCUT2D eigenvalue weighted by molar-refractivity contribution is -0.120. The van der Waals surface area contributed by atoms with Crippen LogP contribution in [0.1, 0.15) is 0 Å². The molecule has 0 aliphatic carbocycles. The maximum Gasteiger partial charge on any atom is 0.250 e. The molecule has 1 rings (SSSR count). The number of para-hydroxylation sites is 2. The molecule has 0 aromatic heterocycles. The van der Waals surface area contributed by atoms with E-state index in [4.69, 9.17) is 9.47 Å². The molecule has 5 nitrogen and oxygen atoms in total. The van der Waals surface area contributed by atoms with Crippen molar-refractivity contribution in [2.24, 2.45) is 0 Å². The van der Waals surface area contributed by atoms with E-state index in [1.165, 1.54) is 0 Å². The first-order valence-electron chi connectivity index (χ1n) is 5.43. The number of amides is 1. The third-order valence-corrected chi connectivity index (χ3v) is 2.11. The van der Waals surface area contributed by atoms with Gasteiger partial charge in [0.1, 0.15) is 12.4 Å². The highest BCUT2D eigenvalue weighted by atomic mass is 16.5. The minimum atomic E-state index is -0.189. The SMILES string of the molecule is CNCCOCC(=O)Nc1ccccc1OC. The van der Waals surface area contributed by atoms with Gasteiger partial charge in [-0.25, -0.2) is 0 Å². The highest BCUT2D eigenvalue weighted by Crippen LogP contribution is 2.22. The van der Waals surface area contributed by atoms with Crippen LogP contribution >= 0.6 is 0 Å². The van der Waals surface area contributed by atoms with E-state index in [0.717, 1.165) is 6.54 Å². The van der Waals surface area contributed by atoms with Gasteiger partial charge in [0.05, 0.1) is 19.4 Å². The van der Waals surface area contributed by atoms with Crippen LogP contribution in [0.3, 0.4) is 0 Å². The molecular formula is C12H18N2O3. The van der Waals surface area contributed by atoms with Gasteiger partial charge in [-0.1, -0.05) is 12.1 Å². The number of likely N-dealkylation sites (N-methyl/N-ethyl adjacent to an activating group) is 1. The van der Waals surface area contributed by atoms with E-state index in [1.54, 1.807) is 19.2 Å². The Morgan fingerprint density at radius 1 is 1.35 bits per heavy atom. The van der Waals surface area contributed by atoms with Gasteiger partial charge in [-0.3, -0.25) is 4.79 Å². The van der Waals surface area contributed by atoms with Crippen LogP contribution in [-0.4, -0.2) is 39.8 Å². The molecule has 0 aliphatic heterocycles. The monoisotopic (exact) mass is 238 g/mol. The molecule has 0 unspecified atom stereocenters. The summed E-state index contributed by atoms with van der Waals surface area (Å²) in [7, 11) is 3.40. The first-order valence-corrected chi connectivity index (χ1v) is 5.43. The molecule has 0 spiro atoms. The number of methoxy groups -OCH3 is 1. The number of carbonyl (C=O) groups excluding carboxylic acids is 1. The number of hydrogen-bond acceptors (Lipinski definition) is 4. The second-order valence-corrected chi connectivity index (χ2v) is 3.40. The number of nitrogens with one attached hydrogen (secondary N) is 2. The fourth-order valence-electron chi connectivity index (χ4n) is 1.27. The fraction of sp³-hybridized carbons (Fsp3) is 0.417. The summed E-state index contributed by atoms with van der Waals surface area (Å²) in [6, 6.07) is 7.25. The van der Waals surface area contributed by atoms with Gasteiger partial charge in [0.25, 0.3) is 0 Å². The van der Waals surface area contributed by atoms with Crippen LogP contribution in [0.25, 0.3) is 0 Å². The summed E-state index contributed by atoms with van der Waals surface area (Å²) in [6.07, 6.45) is 0. The molecule has 1 aromatic carbocycles. The zero-order valence-electron chi connectivity index (χ0n) is 10.2. The molecule has 5 heteroatoms. The van der Waals surface area contributed by atoms with Crippen molar-refractivity contribution in [1.82, 2.24) is 5.32 Å². The van der Waals surface area contributed by atoms with Gasteiger partial charge in [0, 0.05) is 6.54 Å². The topological polar surface area (TPSA) is 59.6 Å². The molecule has 0 aliphatic rings. The highest BCUT2D eigenvalue weighted by Gasteiger charge is 2.06. The zero-order chi connectivity index (χ0) is 12.5. The Hall–Kier alpha value is -1.59. The Morgan fingerprint density at radius 3 is 2.82 bits per heavy atom. The normalized spacial score (nSPS) is 10.0. The van der Waals surface area contributed by atoms with Crippen LogP contribution in [0.15, 0.2) is 24.3 Å². The maximum absolute atomic E-state index is 11.5. The van der Waals surface area contributed by atoms with Crippen LogP contribution in [0.5, 0.6) is 5.75 Å². The van der Waals surface area contributed by atoms with Gasteiger partial charge in [-0.05, 0) is 19.2 Å². The molecule has 0 radical (unpaired) electrons. The Bertz CT molecular complexity index is 355. The van der Waals surface area contributed by atoms with Gasteiger partial charge < -0.3 is 20.1 Å². The molecule has 0 fully saturated rings. The van der Waals surface area contributed by atoms with Crippen molar-refractivity contribution in [1.29, 1.82) is 0 Å². The average molecular weight is 238 g/mol. The molecule has 94 valence electrons. The molecule has 0 bridgehead atoms. The van der Waals surface area contributed by atoms with Crippen molar-refractivity contribution in [2.75, 3.05) is 39.2 Å². The van der Waals surface area contributed by atoms with E-state index in [0.29, 0.717) is 18.0 Å². The van der Waals surface area contributed by atoms with Crippen LogP contribution in [0.4, 0.5) is 5.69 Å². The van der Waals surface area contributed by atoms with Gasteiger partial charge in [0.2, 0.25) is 5.91 Å². The molecule has 0 saturated heterocycles. The number of benzene rings is 1. The summed E-state index contributed by atoms with van der Waals surface area (Å²) < 4.78 is 10.3. The maximum atomic E-state index is 11.5. The van der Waals surface area contributed by atoms with Crippen molar-refractivity contribution in [3.63, 3.8) is 0 Å². The van der Waals surface area contributed by atoms with E-state index in [9.17, 15) is 4.79 Å². The lowest BCUT2D eigenvalue weighted by Crippen LogP contribution is -2.22. The predicted molar refractivity (Wildman–Crippen MR) is 66.4 cm³/mol. The molecule has 17 heavy (non-hydrogen) atoms. The molecule has 2 N–H and O–H groups in total. The van der Waals surface area contributed by atoms with Gasteiger partial charge >= 0.3 is 0 Å². The lowest BCUT2D eigenvalue weighted by Gasteiger charge is -2.09. The third-order valence-electron chi connectivity index (χ3n) is 2.11. The lowest BCUT2D eigenvalue weighted by atomic mass is 10.3. The van der Waals surface area contributed by atoms with Crippen LogP contribution in [0.2, 0.25) is 0 Å². The second-order valence-electron chi connectivity index (χ2n) is 3.40. The van der Waals surface area contributed by atoms with Gasteiger partial charge in [0.15, 0.2) is 0 Å². The standard InChI is InChI=1S/C12H18N2O3/c1-13-7-8-17-9-12(15)14-10-5-3-4-6-11(10)16-2/h3-6,13H,7-9H2,1-2H3,(H,14,15). The molecule has 0 atom stereocenters. The Morgan fingerprint density at radius 2 is 2.12 bits per heavy atom. The summed E-state index contributed by atoms with van der Waals surface area (Å²) in [5, 5.41) is 5.66. The largest absolute Gasteiger partial charge is 0.495 e. The minimum Gasteiger partial charge on any atom is -0.495 e. The first-order chi connectivity index (χ1) is 8.27. The highest BCUT2D eigenvalue weighted by molar-refractivity contribution is 5.93. The average Bonchev–Trinajstić information content (AvgIpc) is 2.35. The summed E-state index contributed by atoms with van der Waals surface area (Å²) >= 11 is 0. The van der Waals surface area contributed by atoms with Crippen LogP contribution < -0.4 is 15.4 Å². The quantitative estimate of drug-likeness (QED) is 0.692. The van der Waals surface area contributed by atoms with E-state index < -0.39 is 0 Å². The third kappa shape index (κ3) is 4.84. The van der Waals surface area contributed by atoms with Crippen molar-refractivity contribution in [3.8, 4) is 5.75 Å². The van der Waals surface area contributed by atoms with Crippen molar-refractivity contribution < 1.29 is 14.3 Å². The first kappa shape index (κ1) is 13.5. The molecular weight excluding hydrogens is 220 g/mol. The number of ether oxygens (including phenoxy) is 2. The van der Waals surface area contributed by atoms with E-state index in [-0.39, 0.29) is 12.5 Å². The smallest absolute Gasteiger partial charge is 0.250 e. The number of hydrogen-bond donors (Lipinski definition) is 2. The Balaban J connectivity index is 2.39. The molecule has 0 saturated carbocycles. The molecule has 1 amide bonds. The Kier molecular flexibility index (Phi) is 6.06. The Labute approximate surface area is 101 Å². The van der Waals surface area contributed by atoms with Crippen molar-refractivity contribution >= 4 is 11.6 Å². The summed E-state index contributed by atoms with van der Waals surface area (Å²) in [5.41, 5.74) is 0.650. The van der Waals surface area contributed by atoms with E-state index in [1.807, 2.05) is 19.2 Å². The zero-order valence-corrected chi connectivity index (χ0v) is 10.2. The molecule has 0 heterocycles. The number of anilines is 1. The van der Waals surface area contributed by atoms with Crippen molar-refractivity contribution in [3.05, 3.63) is 24.3 Å². The summed E-state index contributed by atoms with van der Waals surface area (Å²) in [5.74, 6) is 0.446. The predicted octanol–water partition coefficient (Wildman–Crippen LogP) is 0.870. The van der Waals surface area contributed by atoms with Crippen LogP contribution in [-0.2, 0) is 9.53 Å². The second kappa shape index (κ2) is 7.65. The summed E-state index contributed by atoms with van der Waals surface area (Å²) in [4.78, 5) is 11.5. The summed E-state index contributed by atoms with van der Waals surface area (Å²) in [6.45, 7) is 1.28.